The van der Waals surface area contributed by atoms with Crippen molar-refractivity contribution in [1.29, 1.82) is 0 Å². The average Bonchev–Trinajstić information content (AvgIpc) is 2.45. The molecule has 1 atom stereocenters. The molecular weight excluding hydrogens is 256 g/mol. The normalized spacial score (nSPS) is 12.1. The summed E-state index contributed by atoms with van der Waals surface area (Å²) in [5.74, 6) is 1.72. The fourth-order valence-electron chi connectivity index (χ4n) is 1.70. The smallest absolute Gasteiger partial charge is 0.119 e. The first kappa shape index (κ1) is 14.0. The number of hydrogen-bond acceptors (Lipinski definition) is 3. The Hall–Kier alpha value is -1.45. The fourth-order valence-corrected chi connectivity index (χ4v) is 2.45. The van der Waals surface area contributed by atoms with Crippen molar-refractivity contribution in [1.82, 2.24) is 0 Å². The lowest BCUT2D eigenvalue weighted by atomic mass is 10.1. The molecule has 2 aromatic carbocycles. The van der Waals surface area contributed by atoms with Crippen LogP contribution in [-0.2, 0) is 0 Å². The van der Waals surface area contributed by atoms with Gasteiger partial charge in [0.1, 0.15) is 5.75 Å². The SMILES string of the molecule is C[C@H](O)c1cccc(OCCSc2ccccc2)c1. The Morgan fingerprint density at radius 3 is 2.63 bits per heavy atom. The van der Waals surface area contributed by atoms with E-state index in [1.54, 1.807) is 18.7 Å². The molecule has 3 heteroatoms. The van der Waals surface area contributed by atoms with Crippen molar-refractivity contribution < 1.29 is 9.84 Å². The molecule has 0 aliphatic rings. The molecule has 2 aromatic rings. The molecule has 0 saturated heterocycles. The van der Waals surface area contributed by atoms with Gasteiger partial charge in [0.25, 0.3) is 0 Å². The lowest BCUT2D eigenvalue weighted by Gasteiger charge is -2.09. The monoisotopic (exact) mass is 274 g/mol. The molecule has 0 amide bonds. The summed E-state index contributed by atoms with van der Waals surface area (Å²) in [6.07, 6.45) is -0.456. The first-order valence-corrected chi connectivity index (χ1v) is 7.33. The second-order valence-electron chi connectivity index (χ2n) is 4.26. The maximum Gasteiger partial charge on any atom is 0.119 e. The Balaban J connectivity index is 1.78. The van der Waals surface area contributed by atoms with E-state index in [2.05, 4.69) is 12.1 Å². The average molecular weight is 274 g/mol. The van der Waals surface area contributed by atoms with Gasteiger partial charge in [0.15, 0.2) is 0 Å². The zero-order valence-corrected chi connectivity index (χ0v) is 11.8. The van der Waals surface area contributed by atoms with Crippen LogP contribution in [0.5, 0.6) is 5.75 Å². The van der Waals surface area contributed by atoms with Crippen molar-refractivity contribution in [2.24, 2.45) is 0 Å². The summed E-state index contributed by atoms with van der Waals surface area (Å²) < 4.78 is 5.69. The van der Waals surface area contributed by atoms with Gasteiger partial charge in [-0.15, -0.1) is 11.8 Å². The zero-order valence-electron chi connectivity index (χ0n) is 11.0. The summed E-state index contributed by atoms with van der Waals surface area (Å²) in [6.45, 7) is 2.41. The highest BCUT2D eigenvalue weighted by atomic mass is 32.2. The van der Waals surface area contributed by atoms with Crippen LogP contribution in [0, 0.1) is 0 Å². The zero-order chi connectivity index (χ0) is 13.5. The van der Waals surface area contributed by atoms with Crippen molar-refractivity contribution in [3.05, 3.63) is 60.2 Å². The predicted octanol–water partition coefficient (Wildman–Crippen LogP) is 3.91. The van der Waals surface area contributed by atoms with Gasteiger partial charge in [-0.1, -0.05) is 30.3 Å². The standard InChI is InChI=1S/C16H18O2S/c1-13(17)14-6-5-7-15(12-14)18-10-11-19-16-8-3-2-4-9-16/h2-9,12-13,17H,10-11H2,1H3/t13-/m0/s1. The molecule has 100 valence electrons. The second-order valence-corrected chi connectivity index (χ2v) is 5.43. The minimum atomic E-state index is -0.456. The van der Waals surface area contributed by atoms with Crippen molar-refractivity contribution in [3.63, 3.8) is 0 Å². The van der Waals surface area contributed by atoms with Crippen LogP contribution in [0.25, 0.3) is 0 Å². The predicted molar refractivity (Wildman–Crippen MR) is 79.7 cm³/mol. The third kappa shape index (κ3) is 4.62. The van der Waals surface area contributed by atoms with Crippen LogP contribution in [0.1, 0.15) is 18.6 Å². The quantitative estimate of drug-likeness (QED) is 0.639. The van der Waals surface area contributed by atoms with E-state index in [9.17, 15) is 5.11 Å². The Kier molecular flexibility index (Phi) is 5.31. The molecule has 1 N–H and O–H groups in total. The molecule has 2 nitrogen and oxygen atoms in total. The van der Waals surface area contributed by atoms with Crippen molar-refractivity contribution in [2.45, 2.75) is 17.9 Å². The van der Waals surface area contributed by atoms with Gasteiger partial charge in [-0.3, -0.25) is 0 Å². The number of hydrogen-bond donors (Lipinski definition) is 1. The van der Waals surface area contributed by atoms with Crippen LogP contribution >= 0.6 is 11.8 Å². The van der Waals surface area contributed by atoms with Crippen LogP contribution in [-0.4, -0.2) is 17.5 Å². The highest BCUT2D eigenvalue weighted by Crippen LogP contribution is 2.20. The van der Waals surface area contributed by atoms with Crippen LogP contribution in [0.15, 0.2) is 59.5 Å². The Morgan fingerprint density at radius 2 is 1.89 bits per heavy atom. The maximum absolute atomic E-state index is 9.51. The van der Waals surface area contributed by atoms with E-state index < -0.39 is 6.10 Å². The highest BCUT2D eigenvalue weighted by molar-refractivity contribution is 7.99. The van der Waals surface area contributed by atoms with Gasteiger partial charge >= 0.3 is 0 Å². The Bertz CT molecular complexity index is 497. The van der Waals surface area contributed by atoms with E-state index >= 15 is 0 Å². The summed E-state index contributed by atoms with van der Waals surface area (Å²) >= 11 is 1.78. The number of thioether (sulfide) groups is 1. The van der Waals surface area contributed by atoms with E-state index in [1.807, 2.05) is 42.5 Å². The molecule has 0 bridgehead atoms. The van der Waals surface area contributed by atoms with Gasteiger partial charge in [-0.05, 0) is 36.8 Å². The third-order valence-electron chi connectivity index (χ3n) is 2.70. The van der Waals surface area contributed by atoms with Crippen LogP contribution in [0.3, 0.4) is 0 Å². The molecular formula is C16H18O2S. The summed E-state index contributed by atoms with van der Waals surface area (Å²) in [6, 6.07) is 17.9. The van der Waals surface area contributed by atoms with Gasteiger partial charge in [0.2, 0.25) is 0 Å². The summed E-state index contributed by atoms with van der Waals surface area (Å²) in [7, 11) is 0. The highest BCUT2D eigenvalue weighted by Gasteiger charge is 2.02. The van der Waals surface area contributed by atoms with Gasteiger partial charge in [-0.25, -0.2) is 0 Å². The molecule has 19 heavy (non-hydrogen) atoms. The largest absolute Gasteiger partial charge is 0.493 e. The molecule has 0 aromatic heterocycles. The van der Waals surface area contributed by atoms with Crippen molar-refractivity contribution in [3.8, 4) is 5.75 Å². The summed E-state index contributed by atoms with van der Waals surface area (Å²) in [5.41, 5.74) is 0.883. The molecule has 0 radical (unpaired) electrons. The summed E-state index contributed by atoms with van der Waals surface area (Å²) in [4.78, 5) is 1.25. The molecule has 0 aliphatic carbocycles. The number of aliphatic hydroxyl groups excluding tert-OH is 1. The van der Waals surface area contributed by atoms with Crippen LogP contribution < -0.4 is 4.74 Å². The topological polar surface area (TPSA) is 29.5 Å². The maximum atomic E-state index is 9.51. The number of benzene rings is 2. The number of aliphatic hydroxyl groups is 1. The molecule has 0 heterocycles. The van der Waals surface area contributed by atoms with Gasteiger partial charge in [0, 0.05) is 10.6 Å². The first-order valence-electron chi connectivity index (χ1n) is 6.34. The van der Waals surface area contributed by atoms with Gasteiger partial charge in [-0.2, -0.15) is 0 Å². The number of rotatable bonds is 6. The molecule has 0 saturated carbocycles. The van der Waals surface area contributed by atoms with E-state index in [-0.39, 0.29) is 0 Å². The third-order valence-corrected chi connectivity index (χ3v) is 3.68. The Morgan fingerprint density at radius 1 is 1.11 bits per heavy atom. The molecule has 0 unspecified atom stereocenters. The van der Waals surface area contributed by atoms with Crippen LogP contribution in [0.2, 0.25) is 0 Å². The van der Waals surface area contributed by atoms with Gasteiger partial charge in [0.05, 0.1) is 12.7 Å². The fraction of sp³-hybridized carbons (Fsp3) is 0.250. The van der Waals surface area contributed by atoms with E-state index in [0.29, 0.717) is 6.61 Å². The summed E-state index contributed by atoms with van der Waals surface area (Å²) in [5, 5.41) is 9.51. The van der Waals surface area contributed by atoms with Gasteiger partial charge < -0.3 is 9.84 Å². The number of ether oxygens (including phenoxy) is 1. The Labute approximate surface area is 118 Å². The molecule has 0 fully saturated rings. The van der Waals surface area contributed by atoms with E-state index in [0.717, 1.165) is 17.1 Å². The molecule has 2 rings (SSSR count). The minimum Gasteiger partial charge on any atom is -0.493 e. The van der Waals surface area contributed by atoms with Crippen molar-refractivity contribution >= 4 is 11.8 Å². The first-order chi connectivity index (χ1) is 9.25. The van der Waals surface area contributed by atoms with E-state index in [4.69, 9.17) is 4.74 Å². The minimum absolute atomic E-state index is 0.456. The second kappa shape index (κ2) is 7.22. The van der Waals surface area contributed by atoms with E-state index in [1.165, 1.54) is 4.90 Å². The lowest BCUT2D eigenvalue weighted by molar-refractivity contribution is 0.198. The van der Waals surface area contributed by atoms with Crippen LogP contribution in [0.4, 0.5) is 0 Å². The molecule has 0 aliphatic heterocycles. The lowest BCUT2D eigenvalue weighted by Crippen LogP contribution is -2.01. The molecule has 0 spiro atoms. The van der Waals surface area contributed by atoms with Crippen molar-refractivity contribution in [2.75, 3.05) is 12.4 Å².